The Bertz CT molecular complexity index is 518. The van der Waals surface area contributed by atoms with Gasteiger partial charge < -0.3 is 10.5 Å². The van der Waals surface area contributed by atoms with E-state index < -0.39 is 10.0 Å². The third-order valence-electron chi connectivity index (χ3n) is 3.60. The molecule has 1 saturated carbocycles. The molecule has 2 rings (SSSR count). The second kappa shape index (κ2) is 5.54. The van der Waals surface area contributed by atoms with E-state index >= 15 is 0 Å². The molecule has 106 valence electrons. The molecule has 0 amide bonds. The zero-order valence-corrected chi connectivity index (χ0v) is 11.7. The number of hydrogen-bond acceptors (Lipinski definition) is 5. The predicted molar refractivity (Wildman–Crippen MR) is 70.9 cm³/mol. The van der Waals surface area contributed by atoms with Gasteiger partial charge in [0.05, 0.1) is 11.3 Å². The first-order valence-corrected chi connectivity index (χ1v) is 7.69. The van der Waals surface area contributed by atoms with Gasteiger partial charge in [0, 0.05) is 26.4 Å². The van der Waals surface area contributed by atoms with Crippen LogP contribution in [0.25, 0.3) is 0 Å². The molecule has 1 aliphatic rings. The summed E-state index contributed by atoms with van der Waals surface area (Å²) in [6.45, 7) is 0.588. The maximum Gasteiger partial charge on any atom is 0.242 e. The molecule has 0 bridgehead atoms. The van der Waals surface area contributed by atoms with Crippen LogP contribution in [0.15, 0.2) is 23.2 Å². The molecule has 1 aliphatic carbocycles. The molecule has 0 unspecified atom stereocenters. The minimum absolute atomic E-state index is 0.148. The summed E-state index contributed by atoms with van der Waals surface area (Å²) in [7, 11) is -1.92. The van der Waals surface area contributed by atoms with Crippen molar-refractivity contribution in [2.45, 2.75) is 36.3 Å². The number of sulfonamides is 1. The average Bonchev–Trinajstić information content (AvgIpc) is 2.38. The molecular formula is C12H19N3O3S. The summed E-state index contributed by atoms with van der Waals surface area (Å²) in [5.41, 5.74) is 5.75. The zero-order chi connectivity index (χ0) is 13.9. The van der Waals surface area contributed by atoms with Gasteiger partial charge in [-0.1, -0.05) is 0 Å². The third-order valence-corrected chi connectivity index (χ3v) is 4.99. The predicted octanol–water partition coefficient (Wildman–Crippen LogP) is 0.388. The van der Waals surface area contributed by atoms with Gasteiger partial charge in [0.1, 0.15) is 4.90 Å². The fourth-order valence-corrected chi connectivity index (χ4v) is 3.08. The fourth-order valence-electron chi connectivity index (χ4n) is 2.02. The number of hydrogen-bond donors (Lipinski definition) is 2. The van der Waals surface area contributed by atoms with Crippen LogP contribution in [0, 0.1) is 0 Å². The molecule has 1 aromatic rings. The first kappa shape index (κ1) is 14.4. The van der Waals surface area contributed by atoms with E-state index in [0.29, 0.717) is 18.8 Å². The number of nitrogens with one attached hydrogen (secondary N) is 1. The van der Waals surface area contributed by atoms with Crippen LogP contribution in [-0.2, 0) is 21.3 Å². The number of aromatic nitrogens is 1. The first-order chi connectivity index (χ1) is 9.01. The van der Waals surface area contributed by atoms with Crippen LogP contribution in [-0.4, -0.2) is 32.7 Å². The molecule has 19 heavy (non-hydrogen) atoms. The van der Waals surface area contributed by atoms with Crippen molar-refractivity contribution in [1.82, 2.24) is 9.71 Å². The highest BCUT2D eigenvalue weighted by Crippen LogP contribution is 2.34. The van der Waals surface area contributed by atoms with Crippen LogP contribution in [0.2, 0.25) is 0 Å². The van der Waals surface area contributed by atoms with E-state index in [1.54, 1.807) is 13.2 Å². The molecule has 7 heteroatoms. The topological polar surface area (TPSA) is 94.3 Å². The van der Waals surface area contributed by atoms with Gasteiger partial charge in [-0.25, -0.2) is 13.1 Å². The van der Waals surface area contributed by atoms with Gasteiger partial charge in [-0.15, -0.1) is 0 Å². The maximum atomic E-state index is 12.1. The lowest BCUT2D eigenvalue weighted by Gasteiger charge is -2.40. The molecule has 1 heterocycles. The Morgan fingerprint density at radius 1 is 1.47 bits per heavy atom. The highest BCUT2D eigenvalue weighted by atomic mass is 32.2. The third kappa shape index (κ3) is 3.11. The van der Waals surface area contributed by atoms with Crippen LogP contribution in [0.3, 0.4) is 0 Å². The normalized spacial score (nSPS) is 18.0. The number of methoxy groups -OCH3 is 1. The zero-order valence-electron chi connectivity index (χ0n) is 10.9. The molecule has 0 aliphatic heterocycles. The maximum absolute atomic E-state index is 12.1. The molecule has 3 N–H and O–H groups in total. The summed E-state index contributed by atoms with van der Waals surface area (Å²) in [5, 5.41) is 0. The van der Waals surface area contributed by atoms with E-state index in [1.165, 1.54) is 12.3 Å². The van der Waals surface area contributed by atoms with Crippen molar-refractivity contribution in [3.8, 4) is 0 Å². The van der Waals surface area contributed by atoms with Crippen molar-refractivity contribution in [1.29, 1.82) is 0 Å². The van der Waals surface area contributed by atoms with Crippen LogP contribution >= 0.6 is 0 Å². The van der Waals surface area contributed by atoms with E-state index in [4.69, 9.17) is 10.5 Å². The van der Waals surface area contributed by atoms with Crippen LogP contribution < -0.4 is 10.5 Å². The van der Waals surface area contributed by atoms with Crippen LogP contribution in [0.4, 0.5) is 0 Å². The van der Waals surface area contributed by atoms with E-state index in [1.807, 2.05) is 0 Å². The average molecular weight is 285 g/mol. The fraction of sp³-hybridized carbons (Fsp3) is 0.583. The Morgan fingerprint density at radius 2 is 2.21 bits per heavy atom. The monoisotopic (exact) mass is 285 g/mol. The number of ether oxygens (including phenoxy) is 1. The first-order valence-electron chi connectivity index (χ1n) is 6.21. The summed E-state index contributed by atoms with van der Waals surface area (Å²) < 4.78 is 32.2. The molecule has 0 saturated heterocycles. The van der Waals surface area contributed by atoms with Crippen molar-refractivity contribution in [3.05, 3.63) is 24.0 Å². The standard InChI is InChI=1S/C12H19N3O3S/c1-18-12(5-2-6-12)9-15-19(16,17)11-4-3-10(7-13)14-8-11/h3-4,8,15H,2,5-7,9,13H2,1H3. The number of nitrogens with zero attached hydrogens (tertiary/aromatic N) is 1. The summed E-state index contributed by atoms with van der Waals surface area (Å²) in [4.78, 5) is 4.14. The second-order valence-corrected chi connectivity index (χ2v) is 6.52. The van der Waals surface area contributed by atoms with E-state index in [-0.39, 0.29) is 10.5 Å². The molecular weight excluding hydrogens is 266 g/mol. The van der Waals surface area contributed by atoms with E-state index in [9.17, 15) is 8.42 Å². The molecule has 0 spiro atoms. The van der Waals surface area contributed by atoms with Gasteiger partial charge in [-0.05, 0) is 31.4 Å². The van der Waals surface area contributed by atoms with Crippen molar-refractivity contribution < 1.29 is 13.2 Å². The quantitative estimate of drug-likeness (QED) is 0.788. The summed E-state index contributed by atoms with van der Waals surface area (Å²) >= 11 is 0. The van der Waals surface area contributed by atoms with Gasteiger partial charge in [-0.2, -0.15) is 0 Å². The van der Waals surface area contributed by atoms with Crippen LogP contribution in [0.1, 0.15) is 25.0 Å². The molecule has 0 aromatic carbocycles. The minimum Gasteiger partial charge on any atom is -0.377 e. The summed E-state index contributed by atoms with van der Waals surface area (Å²) in [6, 6.07) is 3.13. The second-order valence-electron chi connectivity index (χ2n) is 4.75. The van der Waals surface area contributed by atoms with Crippen molar-refractivity contribution in [2.75, 3.05) is 13.7 Å². The molecule has 6 nitrogen and oxygen atoms in total. The van der Waals surface area contributed by atoms with Gasteiger partial charge in [0.2, 0.25) is 10.0 Å². The number of rotatable bonds is 6. The van der Waals surface area contributed by atoms with Gasteiger partial charge in [0.25, 0.3) is 0 Å². The summed E-state index contributed by atoms with van der Waals surface area (Å²) in [5.74, 6) is 0. The number of pyridine rings is 1. The smallest absolute Gasteiger partial charge is 0.242 e. The summed E-state index contributed by atoms with van der Waals surface area (Å²) in [6.07, 6.45) is 4.17. The lowest BCUT2D eigenvalue weighted by Crippen LogP contribution is -2.49. The molecule has 0 radical (unpaired) electrons. The molecule has 0 atom stereocenters. The Balaban J connectivity index is 2.05. The Hall–Kier alpha value is -1.02. The van der Waals surface area contributed by atoms with Gasteiger partial charge >= 0.3 is 0 Å². The SMILES string of the molecule is COC1(CNS(=O)(=O)c2ccc(CN)nc2)CCC1. The lowest BCUT2D eigenvalue weighted by atomic mass is 9.80. The van der Waals surface area contributed by atoms with Gasteiger partial charge in [0.15, 0.2) is 0 Å². The van der Waals surface area contributed by atoms with Crippen molar-refractivity contribution in [3.63, 3.8) is 0 Å². The molecule has 1 aromatic heterocycles. The number of nitrogens with two attached hydrogens (primary N) is 1. The van der Waals surface area contributed by atoms with Gasteiger partial charge in [-0.3, -0.25) is 4.98 Å². The molecule has 1 fully saturated rings. The largest absolute Gasteiger partial charge is 0.377 e. The Kier molecular flexibility index (Phi) is 4.19. The Labute approximate surface area is 113 Å². The minimum atomic E-state index is -3.54. The highest BCUT2D eigenvalue weighted by Gasteiger charge is 2.38. The van der Waals surface area contributed by atoms with Crippen molar-refractivity contribution >= 4 is 10.0 Å². The van der Waals surface area contributed by atoms with Crippen molar-refractivity contribution in [2.24, 2.45) is 5.73 Å². The lowest BCUT2D eigenvalue weighted by molar-refractivity contribution is -0.0659. The van der Waals surface area contributed by atoms with Crippen LogP contribution in [0.5, 0.6) is 0 Å². The van der Waals surface area contributed by atoms with E-state index in [2.05, 4.69) is 9.71 Å². The van der Waals surface area contributed by atoms with E-state index in [0.717, 1.165) is 19.3 Å². The highest BCUT2D eigenvalue weighted by molar-refractivity contribution is 7.89. The Morgan fingerprint density at radius 3 is 2.63 bits per heavy atom.